The standard InChI is InChI=1S/C23H29FO4S/c1-4-6-12-23(5-2)15-29(26,27)20-11-10-18(28-3)14-19(20)21(22(23)25)16-8-7-9-17(24)13-16/h7-11,13-14,21-22,25H,4-6,12,15H2,1-3H3/t21-,22-,23-/m1/s1. The van der Waals surface area contributed by atoms with Crippen LogP contribution >= 0.6 is 0 Å². The smallest absolute Gasteiger partial charge is 0.179 e. The highest BCUT2D eigenvalue weighted by Gasteiger charge is 2.49. The minimum Gasteiger partial charge on any atom is -0.497 e. The Hall–Kier alpha value is -1.92. The van der Waals surface area contributed by atoms with E-state index < -0.39 is 33.1 Å². The first-order valence-electron chi connectivity index (χ1n) is 10.1. The van der Waals surface area contributed by atoms with Crippen LogP contribution in [0.2, 0.25) is 0 Å². The molecule has 0 aliphatic carbocycles. The fourth-order valence-electron chi connectivity index (χ4n) is 4.54. The third kappa shape index (κ3) is 4.05. The van der Waals surface area contributed by atoms with E-state index in [4.69, 9.17) is 4.74 Å². The average Bonchev–Trinajstić information content (AvgIpc) is 2.77. The number of hydrogen-bond acceptors (Lipinski definition) is 4. The van der Waals surface area contributed by atoms with Gasteiger partial charge in [-0.25, -0.2) is 12.8 Å². The van der Waals surface area contributed by atoms with Crippen LogP contribution in [0.3, 0.4) is 0 Å². The van der Waals surface area contributed by atoms with Crippen molar-refractivity contribution in [2.45, 2.75) is 56.4 Å². The molecule has 158 valence electrons. The van der Waals surface area contributed by atoms with Crippen molar-refractivity contribution >= 4 is 9.84 Å². The van der Waals surface area contributed by atoms with Gasteiger partial charge in [0.25, 0.3) is 0 Å². The van der Waals surface area contributed by atoms with Crippen LogP contribution in [0.15, 0.2) is 47.4 Å². The molecular weight excluding hydrogens is 391 g/mol. The lowest BCUT2D eigenvalue weighted by Crippen LogP contribution is -2.42. The van der Waals surface area contributed by atoms with E-state index in [1.807, 2.05) is 13.8 Å². The number of ether oxygens (including phenoxy) is 1. The number of sulfone groups is 1. The van der Waals surface area contributed by atoms with Gasteiger partial charge in [0.05, 0.1) is 23.9 Å². The SMILES string of the molecule is CCCC[C@]1(CC)CS(=O)(=O)c2ccc(OC)cc2[C@@H](c2cccc(F)c2)[C@H]1O. The lowest BCUT2D eigenvalue weighted by Gasteiger charge is -2.39. The predicted octanol–water partition coefficient (Wildman–Crippen LogP) is 4.70. The summed E-state index contributed by atoms with van der Waals surface area (Å²) in [6.45, 7) is 3.97. The maximum atomic E-state index is 14.1. The molecule has 0 bridgehead atoms. The van der Waals surface area contributed by atoms with Gasteiger partial charge in [-0.15, -0.1) is 0 Å². The molecule has 0 fully saturated rings. The number of fused-ring (bicyclic) bond motifs is 1. The number of unbranched alkanes of at least 4 members (excludes halogenated alkanes) is 1. The summed E-state index contributed by atoms with van der Waals surface area (Å²) >= 11 is 0. The van der Waals surface area contributed by atoms with Gasteiger partial charge < -0.3 is 9.84 Å². The Morgan fingerprint density at radius 2 is 1.97 bits per heavy atom. The van der Waals surface area contributed by atoms with Crippen molar-refractivity contribution in [1.82, 2.24) is 0 Å². The van der Waals surface area contributed by atoms with Crippen LogP contribution in [0.1, 0.15) is 56.6 Å². The maximum absolute atomic E-state index is 14.1. The van der Waals surface area contributed by atoms with Crippen LogP contribution < -0.4 is 4.74 Å². The molecule has 3 rings (SSSR count). The van der Waals surface area contributed by atoms with E-state index in [0.29, 0.717) is 29.7 Å². The molecule has 1 N–H and O–H groups in total. The zero-order chi connectivity index (χ0) is 21.2. The molecule has 29 heavy (non-hydrogen) atoms. The Morgan fingerprint density at radius 1 is 1.21 bits per heavy atom. The van der Waals surface area contributed by atoms with E-state index in [1.165, 1.54) is 19.2 Å². The number of aliphatic hydroxyl groups is 1. The highest BCUT2D eigenvalue weighted by atomic mass is 32.2. The Bertz CT molecular complexity index is 973. The second-order valence-electron chi connectivity index (χ2n) is 7.96. The van der Waals surface area contributed by atoms with Crippen molar-refractivity contribution in [2.75, 3.05) is 12.9 Å². The summed E-state index contributed by atoms with van der Waals surface area (Å²) in [4.78, 5) is 0.193. The van der Waals surface area contributed by atoms with Crippen LogP contribution in [-0.4, -0.2) is 32.5 Å². The zero-order valence-corrected chi connectivity index (χ0v) is 18.0. The molecule has 0 saturated carbocycles. The van der Waals surface area contributed by atoms with E-state index in [-0.39, 0.29) is 10.6 Å². The third-order valence-corrected chi connectivity index (χ3v) is 8.24. The second kappa shape index (κ2) is 8.44. The van der Waals surface area contributed by atoms with Crippen molar-refractivity contribution in [3.63, 3.8) is 0 Å². The minimum absolute atomic E-state index is 0.122. The van der Waals surface area contributed by atoms with E-state index >= 15 is 0 Å². The van der Waals surface area contributed by atoms with Gasteiger partial charge in [0.1, 0.15) is 11.6 Å². The molecule has 0 amide bonds. The molecule has 6 heteroatoms. The summed E-state index contributed by atoms with van der Waals surface area (Å²) in [6.07, 6.45) is 1.86. The van der Waals surface area contributed by atoms with Crippen LogP contribution in [-0.2, 0) is 9.84 Å². The Labute approximate surface area is 172 Å². The molecule has 0 saturated heterocycles. The van der Waals surface area contributed by atoms with Crippen molar-refractivity contribution in [1.29, 1.82) is 0 Å². The normalized spacial score (nSPS) is 25.8. The number of rotatable bonds is 6. The predicted molar refractivity (Wildman–Crippen MR) is 112 cm³/mol. The zero-order valence-electron chi connectivity index (χ0n) is 17.2. The Morgan fingerprint density at radius 3 is 2.59 bits per heavy atom. The van der Waals surface area contributed by atoms with Crippen LogP contribution in [0.25, 0.3) is 0 Å². The van der Waals surface area contributed by atoms with Gasteiger partial charge in [0, 0.05) is 11.3 Å². The van der Waals surface area contributed by atoms with Crippen LogP contribution in [0.4, 0.5) is 4.39 Å². The largest absolute Gasteiger partial charge is 0.497 e. The molecule has 2 aromatic carbocycles. The number of benzene rings is 2. The molecule has 0 unspecified atom stereocenters. The number of aliphatic hydroxyl groups excluding tert-OH is 1. The third-order valence-electron chi connectivity index (χ3n) is 6.25. The van der Waals surface area contributed by atoms with Gasteiger partial charge in [-0.05, 0) is 54.3 Å². The van der Waals surface area contributed by atoms with Crippen LogP contribution in [0.5, 0.6) is 5.75 Å². The molecule has 1 heterocycles. The molecule has 2 aromatic rings. The molecule has 1 aliphatic rings. The van der Waals surface area contributed by atoms with Gasteiger partial charge in [-0.1, -0.05) is 38.8 Å². The summed E-state index contributed by atoms with van der Waals surface area (Å²) in [6, 6.07) is 10.9. The van der Waals surface area contributed by atoms with E-state index in [2.05, 4.69) is 0 Å². The molecule has 0 aromatic heterocycles. The van der Waals surface area contributed by atoms with Gasteiger partial charge in [-0.3, -0.25) is 0 Å². The molecule has 3 atom stereocenters. The quantitative estimate of drug-likeness (QED) is 0.736. The number of halogens is 1. The minimum atomic E-state index is -3.65. The van der Waals surface area contributed by atoms with Gasteiger partial charge in [0.15, 0.2) is 9.84 Å². The molecule has 0 spiro atoms. The summed E-state index contributed by atoms with van der Waals surface area (Å²) in [5, 5.41) is 11.6. The van der Waals surface area contributed by atoms with E-state index in [0.717, 1.165) is 12.8 Å². The maximum Gasteiger partial charge on any atom is 0.179 e. The monoisotopic (exact) mass is 420 g/mol. The molecule has 4 nitrogen and oxygen atoms in total. The number of hydrogen-bond donors (Lipinski definition) is 1. The Balaban J connectivity index is 2.31. The average molecular weight is 421 g/mol. The van der Waals surface area contributed by atoms with Crippen molar-refractivity contribution in [3.8, 4) is 5.75 Å². The van der Waals surface area contributed by atoms with Crippen molar-refractivity contribution in [2.24, 2.45) is 5.41 Å². The fourth-order valence-corrected chi connectivity index (χ4v) is 6.80. The number of methoxy groups -OCH3 is 1. The summed E-state index contributed by atoms with van der Waals surface area (Å²) in [7, 11) is -2.13. The summed E-state index contributed by atoms with van der Waals surface area (Å²) in [5.74, 6) is -0.695. The van der Waals surface area contributed by atoms with Crippen molar-refractivity contribution in [3.05, 3.63) is 59.4 Å². The molecule has 0 radical (unpaired) electrons. The second-order valence-corrected chi connectivity index (χ2v) is 9.92. The van der Waals surface area contributed by atoms with Gasteiger partial charge in [0.2, 0.25) is 0 Å². The van der Waals surface area contributed by atoms with Crippen LogP contribution in [0, 0.1) is 11.2 Å². The first kappa shape index (κ1) is 21.8. The van der Waals surface area contributed by atoms with Gasteiger partial charge in [-0.2, -0.15) is 0 Å². The topological polar surface area (TPSA) is 63.6 Å². The van der Waals surface area contributed by atoms with Crippen molar-refractivity contribution < 1.29 is 22.7 Å². The highest BCUT2D eigenvalue weighted by molar-refractivity contribution is 7.91. The Kier molecular flexibility index (Phi) is 6.34. The lowest BCUT2D eigenvalue weighted by molar-refractivity contribution is 0.0173. The first-order valence-corrected chi connectivity index (χ1v) is 11.8. The van der Waals surface area contributed by atoms with E-state index in [1.54, 1.807) is 30.3 Å². The summed E-state index contributed by atoms with van der Waals surface area (Å²) < 4.78 is 46.2. The molecular formula is C23H29FO4S. The molecule has 1 aliphatic heterocycles. The lowest BCUT2D eigenvalue weighted by atomic mass is 9.69. The fraction of sp³-hybridized carbons (Fsp3) is 0.478. The van der Waals surface area contributed by atoms with Gasteiger partial charge >= 0.3 is 0 Å². The first-order chi connectivity index (χ1) is 13.8. The highest BCUT2D eigenvalue weighted by Crippen LogP contribution is 2.49. The summed E-state index contributed by atoms with van der Waals surface area (Å²) in [5.41, 5.74) is 0.227. The van der Waals surface area contributed by atoms with E-state index in [9.17, 15) is 17.9 Å².